The summed E-state index contributed by atoms with van der Waals surface area (Å²) >= 11 is 0. The third-order valence-electron chi connectivity index (χ3n) is 2.66. The van der Waals surface area contributed by atoms with Crippen LogP contribution in [0, 0.1) is 0 Å². The lowest BCUT2D eigenvalue weighted by Gasteiger charge is -2.30. The second kappa shape index (κ2) is 7.92. The fourth-order valence-electron chi connectivity index (χ4n) is 1.52. The van der Waals surface area contributed by atoms with Crippen LogP contribution in [0.1, 0.15) is 40.0 Å². The van der Waals surface area contributed by atoms with E-state index in [-0.39, 0.29) is 19.1 Å². The van der Waals surface area contributed by atoms with Crippen LogP contribution in [0.2, 0.25) is 0 Å². The molecule has 0 aromatic carbocycles. The quantitative estimate of drug-likeness (QED) is 0.608. The van der Waals surface area contributed by atoms with Crippen LogP contribution in [-0.4, -0.2) is 52.3 Å². The summed E-state index contributed by atoms with van der Waals surface area (Å²) in [5.74, 6) is -0.870. The Kier molecular flexibility index (Phi) is 7.35. The average molecular weight is 260 g/mol. The van der Waals surface area contributed by atoms with Crippen molar-refractivity contribution in [1.29, 1.82) is 0 Å². The molecule has 106 valence electrons. The Hall–Kier alpha value is -1.30. The molecule has 0 bridgehead atoms. The highest BCUT2D eigenvalue weighted by Gasteiger charge is 2.23. The van der Waals surface area contributed by atoms with Crippen molar-refractivity contribution in [2.75, 3.05) is 19.7 Å². The number of carboxylic acid groups (broad SMARTS) is 1. The fourth-order valence-corrected chi connectivity index (χ4v) is 1.52. The van der Waals surface area contributed by atoms with Gasteiger partial charge in [-0.05, 0) is 33.6 Å². The summed E-state index contributed by atoms with van der Waals surface area (Å²) < 4.78 is 0. The molecule has 0 spiro atoms. The summed E-state index contributed by atoms with van der Waals surface area (Å²) in [6.07, 6.45) is 0.943. The lowest BCUT2D eigenvalue weighted by Crippen LogP contribution is -2.50. The van der Waals surface area contributed by atoms with Crippen molar-refractivity contribution in [3.63, 3.8) is 0 Å². The molecular weight excluding hydrogens is 236 g/mol. The molecule has 0 aliphatic heterocycles. The van der Waals surface area contributed by atoms with Gasteiger partial charge in [0.1, 0.15) is 0 Å². The van der Waals surface area contributed by atoms with Crippen molar-refractivity contribution >= 4 is 12.0 Å². The SMILES string of the molecule is CCN(CCCO)C(=O)NC(C)(C)CCC(=O)O. The van der Waals surface area contributed by atoms with Gasteiger partial charge in [-0.1, -0.05) is 0 Å². The highest BCUT2D eigenvalue weighted by Crippen LogP contribution is 2.12. The van der Waals surface area contributed by atoms with Crippen molar-refractivity contribution in [2.45, 2.75) is 45.6 Å². The van der Waals surface area contributed by atoms with Gasteiger partial charge in [0.15, 0.2) is 0 Å². The van der Waals surface area contributed by atoms with E-state index in [1.807, 2.05) is 6.92 Å². The summed E-state index contributed by atoms with van der Waals surface area (Å²) in [4.78, 5) is 24.0. The zero-order valence-corrected chi connectivity index (χ0v) is 11.4. The van der Waals surface area contributed by atoms with E-state index < -0.39 is 11.5 Å². The number of nitrogens with zero attached hydrogens (tertiary/aromatic N) is 1. The molecule has 0 heterocycles. The highest BCUT2D eigenvalue weighted by molar-refractivity contribution is 5.75. The molecule has 18 heavy (non-hydrogen) atoms. The van der Waals surface area contributed by atoms with Gasteiger partial charge in [-0.2, -0.15) is 0 Å². The summed E-state index contributed by atoms with van der Waals surface area (Å²) in [6.45, 7) is 6.56. The first kappa shape index (κ1) is 16.7. The summed E-state index contributed by atoms with van der Waals surface area (Å²) in [7, 11) is 0. The first-order valence-corrected chi connectivity index (χ1v) is 6.22. The van der Waals surface area contributed by atoms with Gasteiger partial charge in [0.05, 0.1) is 0 Å². The molecule has 0 saturated heterocycles. The minimum absolute atomic E-state index is 0.0239. The molecule has 0 aromatic heterocycles. The molecular formula is C12H24N2O4. The van der Waals surface area contributed by atoms with E-state index in [1.165, 1.54) is 0 Å². The van der Waals surface area contributed by atoms with Gasteiger partial charge in [0.25, 0.3) is 0 Å². The predicted molar refractivity (Wildman–Crippen MR) is 68.4 cm³/mol. The van der Waals surface area contributed by atoms with E-state index >= 15 is 0 Å². The monoisotopic (exact) mass is 260 g/mol. The molecule has 0 aliphatic rings. The maximum Gasteiger partial charge on any atom is 0.317 e. The predicted octanol–water partition coefficient (Wildman–Crippen LogP) is 1.04. The molecule has 0 rings (SSSR count). The Morgan fingerprint density at radius 1 is 1.33 bits per heavy atom. The first-order valence-electron chi connectivity index (χ1n) is 6.22. The van der Waals surface area contributed by atoms with Crippen molar-refractivity contribution in [2.24, 2.45) is 0 Å². The minimum Gasteiger partial charge on any atom is -0.481 e. The normalized spacial score (nSPS) is 11.1. The second-order valence-electron chi connectivity index (χ2n) is 4.86. The van der Waals surface area contributed by atoms with E-state index in [0.717, 1.165) is 0 Å². The van der Waals surface area contributed by atoms with E-state index in [9.17, 15) is 9.59 Å². The van der Waals surface area contributed by atoms with Crippen LogP contribution in [-0.2, 0) is 4.79 Å². The van der Waals surface area contributed by atoms with E-state index in [2.05, 4.69) is 5.32 Å². The number of carbonyl (C=O) groups excluding carboxylic acids is 1. The van der Waals surface area contributed by atoms with Gasteiger partial charge in [-0.15, -0.1) is 0 Å². The molecule has 0 aliphatic carbocycles. The number of aliphatic hydroxyl groups excluding tert-OH is 1. The maximum atomic E-state index is 11.9. The number of carboxylic acids is 1. The first-order chi connectivity index (χ1) is 8.32. The number of nitrogens with one attached hydrogen (secondary N) is 1. The van der Waals surface area contributed by atoms with Crippen LogP contribution in [0.3, 0.4) is 0 Å². The molecule has 0 saturated carbocycles. The highest BCUT2D eigenvalue weighted by atomic mass is 16.4. The van der Waals surface area contributed by atoms with Gasteiger partial charge in [-0.25, -0.2) is 4.79 Å². The lowest BCUT2D eigenvalue weighted by atomic mass is 9.99. The molecule has 0 radical (unpaired) electrons. The van der Waals surface area contributed by atoms with E-state index in [4.69, 9.17) is 10.2 Å². The van der Waals surface area contributed by atoms with Crippen LogP contribution >= 0.6 is 0 Å². The molecule has 6 heteroatoms. The molecule has 0 fully saturated rings. The Balaban J connectivity index is 4.28. The zero-order valence-electron chi connectivity index (χ0n) is 11.4. The number of aliphatic hydroxyl groups is 1. The van der Waals surface area contributed by atoms with Crippen molar-refractivity contribution in [3.05, 3.63) is 0 Å². The van der Waals surface area contributed by atoms with Gasteiger partial charge >= 0.3 is 12.0 Å². The largest absolute Gasteiger partial charge is 0.481 e. The van der Waals surface area contributed by atoms with Crippen LogP contribution in [0.5, 0.6) is 0 Å². The van der Waals surface area contributed by atoms with Crippen molar-refractivity contribution in [1.82, 2.24) is 10.2 Å². The molecule has 0 unspecified atom stereocenters. The number of hydrogen-bond donors (Lipinski definition) is 3. The van der Waals surface area contributed by atoms with Gasteiger partial charge in [0.2, 0.25) is 0 Å². The Bertz CT molecular complexity index is 279. The van der Waals surface area contributed by atoms with Crippen LogP contribution < -0.4 is 5.32 Å². The standard InChI is InChI=1S/C12H24N2O4/c1-4-14(8-5-9-15)11(18)13-12(2,3)7-6-10(16)17/h15H,4-9H2,1-3H3,(H,13,18)(H,16,17). The number of rotatable bonds is 8. The lowest BCUT2D eigenvalue weighted by molar-refractivity contribution is -0.137. The third-order valence-corrected chi connectivity index (χ3v) is 2.66. The third kappa shape index (κ3) is 7.11. The Morgan fingerprint density at radius 3 is 2.39 bits per heavy atom. The smallest absolute Gasteiger partial charge is 0.317 e. The molecule has 0 aromatic rings. The number of aliphatic carboxylic acids is 1. The summed E-state index contributed by atoms with van der Waals surface area (Å²) in [5.41, 5.74) is -0.553. The topological polar surface area (TPSA) is 89.9 Å². The summed E-state index contributed by atoms with van der Waals surface area (Å²) in [5, 5.41) is 20.2. The molecule has 0 atom stereocenters. The van der Waals surface area contributed by atoms with E-state index in [0.29, 0.717) is 25.9 Å². The summed E-state index contributed by atoms with van der Waals surface area (Å²) in [6, 6.07) is -0.221. The van der Waals surface area contributed by atoms with E-state index in [1.54, 1.807) is 18.7 Å². The van der Waals surface area contributed by atoms with Crippen LogP contribution in [0.4, 0.5) is 4.79 Å². The van der Waals surface area contributed by atoms with Crippen LogP contribution in [0.25, 0.3) is 0 Å². The van der Waals surface area contributed by atoms with Crippen molar-refractivity contribution in [3.8, 4) is 0 Å². The zero-order chi connectivity index (χ0) is 14.2. The maximum absolute atomic E-state index is 11.9. The Morgan fingerprint density at radius 2 is 1.94 bits per heavy atom. The average Bonchev–Trinajstić information content (AvgIpc) is 2.27. The van der Waals surface area contributed by atoms with Gasteiger partial charge < -0.3 is 20.4 Å². The molecule has 2 amide bonds. The fraction of sp³-hybridized carbons (Fsp3) is 0.833. The number of hydrogen-bond acceptors (Lipinski definition) is 3. The number of amides is 2. The molecule has 3 N–H and O–H groups in total. The van der Waals surface area contributed by atoms with Gasteiger partial charge in [0, 0.05) is 31.7 Å². The number of carbonyl (C=O) groups is 2. The van der Waals surface area contributed by atoms with Crippen LogP contribution in [0.15, 0.2) is 0 Å². The second-order valence-corrected chi connectivity index (χ2v) is 4.86. The minimum atomic E-state index is -0.870. The number of urea groups is 1. The molecule has 6 nitrogen and oxygen atoms in total. The Labute approximate surface area is 108 Å². The van der Waals surface area contributed by atoms with Crippen molar-refractivity contribution < 1.29 is 19.8 Å². The van der Waals surface area contributed by atoms with Gasteiger partial charge in [-0.3, -0.25) is 4.79 Å².